The number of imidazole rings is 1. The Kier molecular flexibility index (Phi) is 8.33. The van der Waals surface area contributed by atoms with E-state index in [0.717, 1.165) is 38.3 Å². The van der Waals surface area contributed by atoms with Gasteiger partial charge in [-0.25, -0.2) is 14.6 Å². The quantitative estimate of drug-likeness (QED) is 0.739. The second-order valence-corrected chi connectivity index (χ2v) is 8.37. The lowest BCUT2D eigenvalue weighted by Gasteiger charge is -2.35. The fourth-order valence-electron chi connectivity index (χ4n) is 3.73. The maximum atomic E-state index is 12.6. The van der Waals surface area contributed by atoms with Crippen LogP contribution in [0.2, 0.25) is 0 Å². The smallest absolute Gasteiger partial charge is 0.475 e. The number of carbonyl (C=O) groups is 2. The number of rotatable bonds is 4. The molecule has 1 unspecified atom stereocenters. The highest BCUT2D eigenvalue weighted by atomic mass is 19.4. The average molecular weight is 448 g/mol. The van der Waals surface area contributed by atoms with Crippen molar-refractivity contribution >= 4 is 12.0 Å². The van der Waals surface area contributed by atoms with Gasteiger partial charge in [0.1, 0.15) is 5.82 Å². The van der Waals surface area contributed by atoms with Crippen LogP contribution in [0, 0.1) is 0 Å². The number of amides is 2. The molecule has 1 aliphatic heterocycles. The Labute approximate surface area is 180 Å². The number of nitrogens with zero attached hydrogens (tertiary/aromatic N) is 4. The van der Waals surface area contributed by atoms with Crippen LogP contribution in [0.5, 0.6) is 0 Å². The normalized spacial score (nSPS) is 19.3. The third kappa shape index (κ3) is 6.59. The fraction of sp³-hybridized carbons (Fsp3) is 0.750. The van der Waals surface area contributed by atoms with E-state index in [9.17, 15) is 18.0 Å². The molecule has 3 rings (SSSR count). The summed E-state index contributed by atoms with van der Waals surface area (Å²) in [7, 11) is 2.14. The standard InChI is InChI=1S/C18H31N5O.C2HF3O2/c1-13(2)21(4)12-16-11-19-17-14(3)22(9-10-23(16)17)18(24)20-15-7-5-6-8-15;3-2(4,5)1(6)7/h11,13-15H,5-10,12H2,1-4H3,(H,20,24);(H,6,7). The Morgan fingerprint density at radius 1 is 1.29 bits per heavy atom. The van der Waals surface area contributed by atoms with Gasteiger partial charge < -0.3 is 19.9 Å². The lowest BCUT2D eigenvalue weighted by atomic mass is 10.2. The van der Waals surface area contributed by atoms with E-state index in [1.165, 1.54) is 18.5 Å². The second kappa shape index (κ2) is 10.3. The number of hydrogen-bond acceptors (Lipinski definition) is 4. The van der Waals surface area contributed by atoms with Crippen molar-refractivity contribution in [2.75, 3.05) is 13.6 Å². The van der Waals surface area contributed by atoms with Crippen LogP contribution in [0.1, 0.15) is 64.0 Å². The first-order valence-electron chi connectivity index (χ1n) is 10.5. The molecule has 31 heavy (non-hydrogen) atoms. The highest BCUT2D eigenvalue weighted by molar-refractivity contribution is 5.75. The molecule has 176 valence electrons. The fourth-order valence-corrected chi connectivity index (χ4v) is 3.73. The summed E-state index contributed by atoms with van der Waals surface area (Å²) in [5, 5.41) is 10.3. The van der Waals surface area contributed by atoms with Crippen LogP contribution in [0.4, 0.5) is 18.0 Å². The largest absolute Gasteiger partial charge is 0.490 e. The van der Waals surface area contributed by atoms with E-state index in [1.54, 1.807) is 0 Å². The molecule has 1 aromatic heterocycles. The van der Waals surface area contributed by atoms with Crippen molar-refractivity contribution in [3.8, 4) is 0 Å². The van der Waals surface area contributed by atoms with Crippen LogP contribution < -0.4 is 5.32 Å². The Bertz CT molecular complexity index is 760. The maximum Gasteiger partial charge on any atom is 0.490 e. The number of carbonyl (C=O) groups excluding carboxylic acids is 1. The molecule has 1 atom stereocenters. The van der Waals surface area contributed by atoms with Gasteiger partial charge in [0, 0.05) is 37.9 Å². The van der Waals surface area contributed by atoms with Crippen LogP contribution in [-0.2, 0) is 17.9 Å². The van der Waals surface area contributed by atoms with Gasteiger partial charge in [0.25, 0.3) is 0 Å². The van der Waals surface area contributed by atoms with Crippen molar-refractivity contribution < 1.29 is 27.9 Å². The van der Waals surface area contributed by atoms with Crippen LogP contribution in [0.25, 0.3) is 0 Å². The van der Waals surface area contributed by atoms with Gasteiger partial charge >= 0.3 is 18.2 Å². The topological polar surface area (TPSA) is 90.7 Å². The van der Waals surface area contributed by atoms with Gasteiger partial charge in [0.05, 0.1) is 11.7 Å². The third-order valence-electron chi connectivity index (χ3n) is 5.85. The number of carboxylic acid groups (broad SMARTS) is 1. The Hall–Kier alpha value is -2.30. The zero-order chi connectivity index (χ0) is 23.3. The summed E-state index contributed by atoms with van der Waals surface area (Å²) in [4.78, 5) is 30.4. The summed E-state index contributed by atoms with van der Waals surface area (Å²) >= 11 is 0. The third-order valence-corrected chi connectivity index (χ3v) is 5.85. The number of halogens is 3. The molecule has 2 amide bonds. The molecule has 1 aromatic rings. The van der Waals surface area contributed by atoms with E-state index in [4.69, 9.17) is 9.90 Å². The summed E-state index contributed by atoms with van der Waals surface area (Å²) in [6.07, 6.45) is 1.60. The molecule has 2 heterocycles. The lowest BCUT2D eigenvalue weighted by molar-refractivity contribution is -0.192. The second-order valence-electron chi connectivity index (χ2n) is 8.37. The molecule has 0 bridgehead atoms. The Morgan fingerprint density at radius 2 is 1.87 bits per heavy atom. The molecular weight excluding hydrogens is 415 g/mol. The molecular formula is C20H32F3N5O3. The molecule has 8 nitrogen and oxygen atoms in total. The number of fused-ring (bicyclic) bond motifs is 1. The van der Waals surface area contributed by atoms with Crippen LogP contribution >= 0.6 is 0 Å². The zero-order valence-corrected chi connectivity index (χ0v) is 18.4. The minimum Gasteiger partial charge on any atom is -0.475 e. The monoisotopic (exact) mass is 447 g/mol. The molecule has 1 fully saturated rings. The maximum absolute atomic E-state index is 12.6. The van der Waals surface area contributed by atoms with E-state index in [1.807, 2.05) is 11.1 Å². The van der Waals surface area contributed by atoms with Crippen molar-refractivity contribution in [3.05, 3.63) is 17.7 Å². The van der Waals surface area contributed by atoms with E-state index in [2.05, 4.69) is 47.6 Å². The first-order chi connectivity index (χ1) is 14.4. The summed E-state index contributed by atoms with van der Waals surface area (Å²) in [5.74, 6) is -1.75. The van der Waals surface area contributed by atoms with Crippen molar-refractivity contribution in [1.29, 1.82) is 0 Å². The average Bonchev–Trinajstić information content (AvgIpc) is 3.32. The van der Waals surface area contributed by atoms with Crippen LogP contribution in [-0.4, -0.2) is 68.3 Å². The number of nitrogens with one attached hydrogen (secondary N) is 1. The van der Waals surface area contributed by atoms with Crippen molar-refractivity contribution in [2.24, 2.45) is 0 Å². The molecule has 0 aromatic carbocycles. The van der Waals surface area contributed by atoms with Crippen molar-refractivity contribution in [2.45, 2.75) is 83.8 Å². The number of aromatic nitrogens is 2. The highest BCUT2D eigenvalue weighted by Gasteiger charge is 2.38. The summed E-state index contributed by atoms with van der Waals surface area (Å²) < 4.78 is 34.0. The molecule has 11 heteroatoms. The highest BCUT2D eigenvalue weighted by Crippen LogP contribution is 2.27. The van der Waals surface area contributed by atoms with Gasteiger partial charge in [-0.15, -0.1) is 0 Å². The van der Waals surface area contributed by atoms with E-state index in [0.29, 0.717) is 12.1 Å². The number of urea groups is 1. The SMILES string of the molecule is CC(C)N(C)Cc1cnc2n1CCN(C(=O)NC1CCCC1)C2C.O=C(O)C(F)(F)F. The van der Waals surface area contributed by atoms with Gasteiger partial charge in [-0.05, 0) is 40.7 Å². The Morgan fingerprint density at radius 3 is 2.39 bits per heavy atom. The minimum absolute atomic E-state index is 0.0262. The van der Waals surface area contributed by atoms with Gasteiger partial charge in [-0.1, -0.05) is 12.8 Å². The first-order valence-corrected chi connectivity index (χ1v) is 10.5. The molecule has 1 saturated carbocycles. The predicted molar refractivity (Wildman–Crippen MR) is 108 cm³/mol. The van der Waals surface area contributed by atoms with Gasteiger partial charge in [-0.3, -0.25) is 4.90 Å². The number of hydrogen-bond donors (Lipinski definition) is 2. The molecule has 2 N–H and O–H groups in total. The van der Waals surface area contributed by atoms with E-state index >= 15 is 0 Å². The molecule has 2 aliphatic rings. The lowest BCUT2D eigenvalue weighted by Crippen LogP contribution is -2.49. The molecule has 0 radical (unpaired) electrons. The van der Waals surface area contributed by atoms with Gasteiger partial charge in [-0.2, -0.15) is 13.2 Å². The van der Waals surface area contributed by atoms with Gasteiger partial charge in [0.15, 0.2) is 0 Å². The van der Waals surface area contributed by atoms with Gasteiger partial charge in [0.2, 0.25) is 0 Å². The van der Waals surface area contributed by atoms with Crippen molar-refractivity contribution in [1.82, 2.24) is 24.7 Å². The predicted octanol–water partition coefficient (Wildman–Crippen LogP) is 3.39. The molecule has 0 saturated heterocycles. The molecule has 1 aliphatic carbocycles. The summed E-state index contributed by atoms with van der Waals surface area (Å²) in [5.41, 5.74) is 1.24. The number of aliphatic carboxylic acids is 1. The molecule has 0 spiro atoms. The van der Waals surface area contributed by atoms with Crippen LogP contribution in [0.3, 0.4) is 0 Å². The Balaban J connectivity index is 0.000000423. The van der Waals surface area contributed by atoms with E-state index < -0.39 is 12.1 Å². The number of alkyl halides is 3. The van der Waals surface area contributed by atoms with E-state index in [-0.39, 0.29) is 12.1 Å². The minimum atomic E-state index is -5.08. The first kappa shape index (κ1) is 25.0. The van der Waals surface area contributed by atoms with Crippen LogP contribution in [0.15, 0.2) is 6.20 Å². The number of carboxylic acids is 1. The van der Waals surface area contributed by atoms with Crippen molar-refractivity contribution in [3.63, 3.8) is 0 Å². The summed E-state index contributed by atoms with van der Waals surface area (Å²) in [6.45, 7) is 8.96. The summed E-state index contributed by atoms with van der Waals surface area (Å²) in [6, 6.07) is 0.968. The zero-order valence-electron chi connectivity index (χ0n) is 18.4.